The van der Waals surface area contributed by atoms with Crippen LogP contribution in [0.2, 0.25) is 0 Å². The Morgan fingerprint density at radius 3 is 2.12 bits per heavy atom. The van der Waals surface area contributed by atoms with Gasteiger partial charge in [-0.05, 0) is 27.7 Å². The maximum Gasteiger partial charge on any atom is 0.411 e. The van der Waals surface area contributed by atoms with Gasteiger partial charge in [0.15, 0.2) is 17.7 Å². The third kappa shape index (κ3) is 3.34. The zero-order valence-corrected chi connectivity index (χ0v) is 14.2. The van der Waals surface area contributed by atoms with E-state index in [4.69, 9.17) is 28.8 Å². The number of hydrogen-bond donors (Lipinski definition) is 1. The van der Waals surface area contributed by atoms with E-state index in [2.05, 4.69) is 0 Å². The molecule has 0 bridgehead atoms. The van der Waals surface area contributed by atoms with Crippen LogP contribution in [0.25, 0.3) is 0 Å². The van der Waals surface area contributed by atoms with E-state index in [0.717, 1.165) is 4.90 Å². The summed E-state index contributed by atoms with van der Waals surface area (Å²) >= 11 is 0. The van der Waals surface area contributed by atoms with E-state index in [1.165, 1.54) is 0 Å². The van der Waals surface area contributed by atoms with Crippen molar-refractivity contribution in [2.24, 2.45) is 0 Å². The average molecular weight is 345 g/mol. The van der Waals surface area contributed by atoms with E-state index in [-0.39, 0.29) is 13.2 Å². The summed E-state index contributed by atoms with van der Waals surface area (Å²) in [7, 11) is 0. The number of nitrogens with zero attached hydrogens (tertiary/aromatic N) is 1. The van der Waals surface area contributed by atoms with Gasteiger partial charge in [-0.1, -0.05) is 0 Å². The summed E-state index contributed by atoms with van der Waals surface area (Å²) in [6.07, 6.45) is -2.40. The summed E-state index contributed by atoms with van der Waals surface area (Å²) in [6, 6.07) is -0.627. The fourth-order valence-corrected chi connectivity index (χ4v) is 3.34. The van der Waals surface area contributed by atoms with Crippen LogP contribution in [0.15, 0.2) is 0 Å². The number of ether oxygens (including phenoxy) is 5. The lowest BCUT2D eigenvalue weighted by Gasteiger charge is -2.30. The highest BCUT2D eigenvalue weighted by Crippen LogP contribution is 2.36. The van der Waals surface area contributed by atoms with Crippen molar-refractivity contribution in [1.82, 2.24) is 4.90 Å². The molecule has 0 aromatic heterocycles. The van der Waals surface area contributed by atoms with Crippen LogP contribution in [0.4, 0.5) is 4.79 Å². The highest BCUT2D eigenvalue weighted by Gasteiger charge is 2.56. The molecule has 4 atom stereocenters. The van der Waals surface area contributed by atoms with E-state index in [1.807, 2.05) is 0 Å². The normalized spacial score (nSPS) is 37.7. The lowest BCUT2D eigenvalue weighted by atomic mass is 10.00. The average Bonchev–Trinajstić information content (AvgIpc) is 3.06. The number of amides is 1. The van der Waals surface area contributed by atoms with Crippen molar-refractivity contribution in [3.8, 4) is 0 Å². The Kier molecular flexibility index (Phi) is 4.23. The number of cyclic esters (lactones) is 1. The molecule has 2 unspecified atom stereocenters. The number of rotatable bonds is 4. The first-order valence-corrected chi connectivity index (χ1v) is 7.91. The second kappa shape index (κ2) is 5.83. The van der Waals surface area contributed by atoms with Gasteiger partial charge in [0, 0.05) is 0 Å². The van der Waals surface area contributed by atoms with Crippen molar-refractivity contribution < 1.29 is 38.4 Å². The first kappa shape index (κ1) is 17.4. The molecule has 0 spiro atoms. The lowest BCUT2D eigenvalue weighted by Crippen LogP contribution is -2.52. The van der Waals surface area contributed by atoms with Crippen LogP contribution < -0.4 is 0 Å². The van der Waals surface area contributed by atoms with Crippen LogP contribution in [0.3, 0.4) is 0 Å². The van der Waals surface area contributed by atoms with Crippen molar-refractivity contribution in [1.29, 1.82) is 0 Å². The fraction of sp³-hybridized carbons (Fsp3) is 0.867. The first-order chi connectivity index (χ1) is 11.1. The smallest absolute Gasteiger partial charge is 0.411 e. The second-order valence-electron chi connectivity index (χ2n) is 7.09. The molecule has 9 nitrogen and oxygen atoms in total. The van der Waals surface area contributed by atoms with Gasteiger partial charge in [0.05, 0.1) is 13.2 Å². The lowest BCUT2D eigenvalue weighted by molar-refractivity contribution is -0.162. The highest BCUT2D eigenvalue weighted by molar-refractivity contribution is 5.78. The molecular formula is C15H23NO8. The van der Waals surface area contributed by atoms with E-state index < -0.39 is 54.5 Å². The molecule has 3 aliphatic rings. The molecule has 3 saturated heterocycles. The summed E-state index contributed by atoms with van der Waals surface area (Å²) in [5.41, 5.74) is 0. The number of carbonyl (C=O) groups excluding carboxylic acids is 1. The van der Waals surface area contributed by atoms with Gasteiger partial charge in [-0.25, -0.2) is 4.79 Å². The number of carboxylic acids is 1. The van der Waals surface area contributed by atoms with Gasteiger partial charge in [0.2, 0.25) is 0 Å². The Morgan fingerprint density at radius 2 is 1.67 bits per heavy atom. The Bertz CT molecular complexity index is 534. The standard InChI is InChI=1S/C15H23NO8/c1-14(2)20-6-8(23-14)11-12(9-7-21-15(3,4)24-9)22-13(19)16(11)5-10(17)18/h8-9,11-12H,5-7H2,1-4H3,(H,17,18)/t8?,9?,11-,12-/m0/s1. The van der Waals surface area contributed by atoms with Crippen LogP contribution in [0.5, 0.6) is 0 Å². The first-order valence-electron chi connectivity index (χ1n) is 7.91. The molecule has 9 heteroatoms. The van der Waals surface area contributed by atoms with Crippen molar-refractivity contribution in [2.45, 2.75) is 63.6 Å². The molecule has 1 amide bonds. The van der Waals surface area contributed by atoms with E-state index in [9.17, 15) is 9.59 Å². The number of carbonyl (C=O) groups is 2. The van der Waals surface area contributed by atoms with Crippen LogP contribution in [0, 0.1) is 0 Å². The van der Waals surface area contributed by atoms with E-state index in [0.29, 0.717) is 0 Å². The van der Waals surface area contributed by atoms with Crippen LogP contribution in [0.1, 0.15) is 27.7 Å². The molecular weight excluding hydrogens is 322 g/mol. The van der Waals surface area contributed by atoms with E-state index >= 15 is 0 Å². The van der Waals surface area contributed by atoms with Crippen molar-refractivity contribution >= 4 is 12.1 Å². The third-order valence-corrected chi connectivity index (χ3v) is 4.28. The summed E-state index contributed by atoms with van der Waals surface area (Å²) < 4.78 is 28.2. The molecule has 24 heavy (non-hydrogen) atoms. The maximum atomic E-state index is 12.2. The van der Waals surface area contributed by atoms with Gasteiger partial charge in [-0.15, -0.1) is 0 Å². The summed E-state index contributed by atoms with van der Waals surface area (Å²) in [4.78, 5) is 24.5. The molecule has 1 N–H and O–H groups in total. The predicted octanol–water partition coefficient (Wildman–Crippen LogP) is 0.563. The van der Waals surface area contributed by atoms with Crippen molar-refractivity contribution in [2.75, 3.05) is 19.8 Å². The molecule has 3 rings (SSSR count). The molecule has 0 aromatic rings. The van der Waals surface area contributed by atoms with Crippen LogP contribution in [-0.2, 0) is 28.5 Å². The minimum absolute atomic E-state index is 0.234. The van der Waals surface area contributed by atoms with E-state index in [1.54, 1.807) is 27.7 Å². The Hall–Kier alpha value is -1.42. The zero-order chi connectivity index (χ0) is 17.7. The van der Waals surface area contributed by atoms with Gasteiger partial charge >= 0.3 is 12.1 Å². The molecule has 3 aliphatic heterocycles. The Labute approximate surface area is 139 Å². The summed E-state index contributed by atoms with van der Waals surface area (Å²) in [5.74, 6) is -2.71. The monoisotopic (exact) mass is 345 g/mol. The minimum atomic E-state index is -1.13. The minimum Gasteiger partial charge on any atom is -0.480 e. The molecule has 3 heterocycles. The number of carboxylic acid groups (broad SMARTS) is 1. The molecule has 0 aliphatic carbocycles. The Morgan fingerprint density at radius 1 is 1.12 bits per heavy atom. The van der Waals surface area contributed by atoms with Crippen molar-refractivity contribution in [3.63, 3.8) is 0 Å². The highest BCUT2D eigenvalue weighted by atomic mass is 16.8. The SMILES string of the molecule is CC1(C)OCC([C@@H]2OC(=O)N(CC(=O)O)[C@H]2C2COC(C)(C)O2)O1. The fourth-order valence-electron chi connectivity index (χ4n) is 3.34. The quantitative estimate of drug-likeness (QED) is 0.788. The summed E-state index contributed by atoms with van der Waals surface area (Å²) in [5, 5.41) is 9.11. The summed E-state index contributed by atoms with van der Waals surface area (Å²) in [6.45, 7) is 7.07. The predicted molar refractivity (Wildman–Crippen MR) is 78.2 cm³/mol. The van der Waals surface area contributed by atoms with Gasteiger partial charge < -0.3 is 28.8 Å². The largest absolute Gasteiger partial charge is 0.480 e. The molecule has 0 radical (unpaired) electrons. The number of hydrogen-bond acceptors (Lipinski definition) is 7. The van der Waals surface area contributed by atoms with Crippen LogP contribution >= 0.6 is 0 Å². The molecule has 136 valence electrons. The van der Waals surface area contributed by atoms with Gasteiger partial charge in [-0.2, -0.15) is 0 Å². The second-order valence-corrected chi connectivity index (χ2v) is 7.09. The van der Waals surface area contributed by atoms with Crippen LogP contribution in [-0.4, -0.2) is 77.8 Å². The maximum absolute atomic E-state index is 12.2. The number of aliphatic carboxylic acids is 1. The zero-order valence-electron chi connectivity index (χ0n) is 14.2. The Balaban J connectivity index is 1.84. The van der Waals surface area contributed by atoms with Gasteiger partial charge in [0.25, 0.3) is 0 Å². The molecule has 3 fully saturated rings. The molecule has 0 aromatic carbocycles. The van der Waals surface area contributed by atoms with Gasteiger partial charge in [-0.3, -0.25) is 9.69 Å². The third-order valence-electron chi connectivity index (χ3n) is 4.28. The molecule has 0 saturated carbocycles. The topological polar surface area (TPSA) is 104 Å². The van der Waals surface area contributed by atoms with Gasteiger partial charge in [0.1, 0.15) is 24.8 Å². The van der Waals surface area contributed by atoms with Crippen molar-refractivity contribution in [3.05, 3.63) is 0 Å².